The van der Waals surface area contributed by atoms with Gasteiger partial charge >= 0.3 is 0 Å². The van der Waals surface area contributed by atoms with Gasteiger partial charge in [0.05, 0.1) is 5.69 Å². The number of halogens is 1. The summed E-state index contributed by atoms with van der Waals surface area (Å²) in [6.45, 7) is 0.245. The van der Waals surface area contributed by atoms with Gasteiger partial charge in [0, 0.05) is 29.3 Å². The summed E-state index contributed by atoms with van der Waals surface area (Å²) in [5.74, 6) is -0.0338. The van der Waals surface area contributed by atoms with Crippen LogP contribution in [0.25, 0.3) is 11.3 Å². The molecule has 1 aromatic heterocycles. The van der Waals surface area contributed by atoms with Gasteiger partial charge in [-0.05, 0) is 18.2 Å². The van der Waals surface area contributed by atoms with E-state index in [0.29, 0.717) is 22.6 Å². The molecule has 138 valence electrons. The van der Waals surface area contributed by atoms with Crippen LogP contribution in [-0.2, 0) is 6.54 Å². The largest absolute Gasteiger partial charge is 0.366 e. The van der Waals surface area contributed by atoms with Gasteiger partial charge in [0.15, 0.2) is 0 Å². The highest BCUT2D eigenvalue weighted by molar-refractivity contribution is 5.97. The van der Waals surface area contributed by atoms with E-state index in [1.807, 2.05) is 36.4 Å². The maximum absolute atomic E-state index is 14.0. The second-order valence-corrected chi connectivity index (χ2v) is 6.31. The number of nitrogens with one attached hydrogen (secondary N) is 1. The standard InChI is InChI=1S/C23H18FN3O/c24-20-14-8-7-13-19(20)16-25-22-15-21(17-9-3-1-4-10-17)26-27(22)23(28)18-11-5-2-6-12-18/h1-15,25H,16H2. The number of carbonyl (C=O) groups is 1. The zero-order chi connectivity index (χ0) is 19.3. The minimum absolute atomic E-state index is 0.245. The molecule has 0 fully saturated rings. The number of anilines is 1. The number of nitrogens with zero attached hydrogens (tertiary/aromatic N) is 2. The molecule has 1 heterocycles. The van der Waals surface area contributed by atoms with Gasteiger partial charge in [0.1, 0.15) is 11.6 Å². The molecule has 5 heteroatoms. The summed E-state index contributed by atoms with van der Waals surface area (Å²) in [5, 5.41) is 7.65. The lowest BCUT2D eigenvalue weighted by atomic mass is 10.1. The van der Waals surface area contributed by atoms with Gasteiger partial charge in [-0.15, -0.1) is 0 Å². The highest BCUT2D eigenvalue weighted by Gasteiger charge is 2.17. The fourth-order valence-corrected chi connectivity index (χ4v) is 2.94. The van der Waals surface area contributed by atoms with Gasteiger partial charge < -0.3 is 5.32 Å². The molecule has 0 aliphatic heterocycles. The molecule has 0 amide bonds. The molecule has 1 N–H and O–H groups in total. The first-order chi connectivity index (χ1) is 13.7. The Morgan fingerprint density at radius 3 is 2.25 bits per heavy atom. The van der Waals surface area contributed by atoms with Crippen LogP contribution in [0.15, 0.2) is 91.0 Å². The smallest absolute Gasteiger partial charge is 0.280 e. The number of aromatic nitrogens is 2. The Hall–Kier alpha value is -3.73. The van der Waals surface area contributed by atoms with Gasteiger partial charge in [-0.1, -0.05) is 66.7 Å². The van der Waals surface area contributed by atoms with Gasteiger partial charge in [0.2, 0.25) is 0 Å². The van der Waals surface area contributed by atoms with E-state index in [1.54, 1.807) is 48.5 Å². The molecule has 0 aliphatic carbocycles. The van der Waals surface area contributed by atoms with Crippen LogP contribution >= 0.6 is 0 Å². The predicted octanol–water partition coefficient (Wildman–Crippen LogP) is 4.99. The van der Waals surface area contributed by atoms with Crippen LogP contribution in [0.5, 0.6) is 0 Å². The maximum Gasteiger partial charge on any atom is 0.280 e. The molecule has 0 saturated carbocycles. The number of rotatable bonds is 5. The van der Waals surface area contributed by atoms with Crippen LogP contribution in [0.4, 0.5) is 10.2 Å². The average Bonchev–Trinajstić information content (AvgIpc) is 3.18. The summed E-state index contributed by atoms with van der Waals surface area (Å²) in [6.07, 6.45) is 0. The Balaban J connectivity index is 1.70. The summed E-state index contributed by atoms with van der Waals surface area (Å²) in [7, 11) is 0. The Labute approximate surface area is 162 Å². The summed E-state index contributed by atoms with van der Waals surface area (Å²) >= 11 is 0. The highest BCUT2D eigenvalue weighted by Crippen LogP contribution is 2.23. The summed E-state index contributed by atoms with van der Waals surface area (Å²) in [6, 6.07) is 26.9. The Kier molecular flexibility index (Phi) is 4.97. The third-order valence-corrected chi connectivity index (χ3v) is 4.41. The zero-order valence-electron chi connectivity index (χ0n) is 15.0. The van der Waals surface area contributed by atoms with Crippen LogP contribution < -0.4 is 5.32 Å². The monoisotopic (exact) mass is 371 g/mol. The van der Waals surface area contributed by atoms with Crippen molar-refractivity contribution >= 4 is 11.7 Å². The molecule has 0 radical (unpaired) electrons. The molecule has 0 saturated heterocycles. The molecule has 3 aromatic carbocycles. The topological polar surface area (TPSA) is 46.9 Å². The highest BCUT2D eigenvalue weighted by atomic mass is 19.1. The lowest BCUT2D eigenvalue weighted by Gasteiger charge is -2.09. The van der Waals surface area contributed by atoms with E-state index in [-0.39, 0.29) is 18.3 Å². The first-order valence-corrected chi connectivity index (χ1v) is 8.95. The molecule has 4 aromatic rings. The van der Waals surface area contributed by atoms with Crippen LogP contribution in [-0.4, -0.2) is 15.7 Å². The van der Waals surface area contributed by atoms with Crippen molar-refractivity contribution in [2.75, 3.05) is 5.32 Å². The quantitative estimate of drug-likeness (QED) is 0.538. The van der Waals surface area contributed by atoms with Crippen LogP contribution in [0.3, 0.4) is 0 Å². The van der Waals surface area contributed by atoms with E-state index in [2.05, 4.69) is 10.4 Å². The number of hydrogen-bond donors (Lipinski definition) is 1. The van der Waals surface area contributed by atoms with Gasteiger partial charge in [-0.3, -0.25) is 4.79 Å². The first-order valence-electron chi connectivity index (χ1n) is 8.95. The first kappa shape index (κ1) is 17.7. The third-order valence-electron chi connectivity index (χ3n) is 4.41. The van der Waals surface area contributed by atoms with Crippen molar-refractivity contribution in [3.05, 3.63) is 108 Å². The lowest BCUT2D eigenvalue weighted by molar-refractivity contribution is 0.0948. The number of benzene rings is 3. The molecule has 0 atom stereocenters. The maximum atomic E-state index is 14.0. The van der Waals surface area contributed by atoms with Crippen molar-refractivity contribution in [2.24, 2.45) is 0 Å². The fraction of sp³-hybridized carbons (Fsp3) is 0.0435. The van der Waals surface area contributed by atoms with Crippen LogP contribution in [0, 0.1) is 5.82 Å². The van der Waals surface area contributed by atoms with E-state index >= 15 is 0 Å². The van der Waals surface area contributed by atoms with E-state index in [9.17, 15) is 9.18 Å². The molecule has 4 nitrogen and oxygen atoms in total. The van der Waals surface area contributed by atoms with Gasteiger partial charge in [-0.25, -0.2) is 4.39 Å². The van der Waals surface area contributed by atoms with Crippen molar-refractivity contribution in [2.45, 2.75) is 6.54 Å². The Bertz CT molecular complexity index is 1090. The van der Waals surface area contributed by atoms with Crippen molar-refractivity contribution in [1.82, 2.24) is 9.78 Å². The second kappa shape index (κ2) is 7.88. The molecular formula is C23H18FN3O. The van der Waals surface area contributed by atoms with Gasteiger partial charge in [-0.2, -0.15) is 9.78 Å². The van der Waals surface area contributed by atoms with E-state index in [4.69, 9.17) is 0 Å². The minimum Gasteiger partial charge on any atom is -0.366 e. The van der Waals surface area contributed by atoms with Gasteiger partial charge in [0.25, 0.3) is 5.91 Å². The SMILES string of the molecule is O=C(c1ccccc1)n1nc(-c2ccccc2)cc1NCc1ccccc1F. The predicted molar refractivity (Wildman–Crippen MR) is 108 cm³/mol. The van der Waals surface area contributed by atoms with Crippen LogP contribution in [0.1, 0.15) is 15.9 Å². The minimum atomic E-state index is -0.293. The number of carbonyl (C=O) groups excluding carboxylic acids is 1. The Morgan fingerprint density at radius 2 is 1.54 bits per heavy atom. The summed E-state index contributed by atoms with van der Waals surface area (Å²) < 4.78 is 15.3. The van der Waals surface area contributed by atoms with E-state index < -0.39 is 0 Å². The zero-order valence-corrected chi connectivity index (χ0v) is 15.0. The third kappa shape index (κ3) is 3.69. The second-order valence-electron chi connectivity index (χ2n) is 6.31. The molecule has 0 unspecified atom stereocenters. The van der Waals surface area contributed by atoms with Crippen molar-refractivity contribution in [1.29, 1.82) is 0 Å². The fourth-order valence-electron chi connectivity index (χ4n) is 2.94. The number of hydrogen-bond acceptors (Lipinski definition) is 3. The van der Waals surface area contributed by atoms with Crippen LogP contribution in [0.2, 0.25) is 0 Å². The summed E-state index contributed by atoms with van der Waals surface area (Å²) in [4.78, 5) is 13.0. The molecular weight excluding hydrogens is 353 g/mol. The molecule has 0 bridgehead atoms. The average molecular weight is 371 g/mol. The van der Waals surface area contributed by atoms with E-state index in [1.165, 1.54) is 10.7 Å². The molecule has 0 aliphatic rings. The molecule has 0 spiro atoms. The van der Waals surface area contributed by atoms with E-state index in [0.717, 1.165) is 5.56 Å². The molecule has 4 rings (SSSR count). The van der Waals surface area contributed by atoms with Crippen molar-refractivity contribution < 1.29 is 9.18 Å². The van der Waals surface area contributed by atoms with Crippen molar-refractivity contribution in [3.63, 3.8) is 0 Å². The lowest BCUT2D eigenvalue weighted by Crippen LogP contribution is -2.17. The normalized spacial score (nSPS) is 10.6. The summed E-state index contributed by atoms with van der Waals surface area (Å²) in [5.41, 5.74) is 2.61. The van der Waals surface area contributed by atoms with Crippen molar-refractivity contribution in [3.8, 4) is 11.3 Å². The Morgan fingerprint density at radius 1 is 0.893 bits per heavy atom. The molecule has 28 heavy (non-hydrogen) atoms.